The molecule has 1 aromatic carbocycles. The molecular weight excluding hydrogens is 241 g/mol. The maximum absolute atomic E-state index is 13.8. The molecule has 2 fully saturated rings. The lowest BCUT2D eigenvalue weighted by atomic mass is 9.84. The van der Waals surface area contributed by atoms with Gasteiger partial charge in [-0.15, -0.1) is 0 Å². The molecule has 100 valence electrons. The molecule has 1 aromatic rings. The summed E-state index contributed by atoms with van der Waals surface area (Å²) < 4.78 is 13.8. The van der Waals surface area contributed by atoms with Gasteiger partial charge in [-0.2, -0.15) is 0 Å². The average molecular weight is 259 g/mol. The quantitative estimate of drug-likeness (QED) is 0.840. The molecule has 1 heterocycles. The summed E-state index contributed by atoms with van der Waals surface area (Å²) in [5.41, 5.74) is 1.26. The molecule has 4 rings (SSSR count). The number of carbonyl (C=O) groups excluding carboxylic acids is 1. The molecule has 0 amide bonds. The predicted molar refractivity (Wildman–Crippen MR) is 70.5 cm³/mol. The molecule has 1 aliphatic heterocycles. The zero-order chi connectivity index (χ0) is 13.0. The van der Waals surface area contributed by atoms with E-state index in [9.17, 15) is 9.18 Å². The average Bonchev–Trinajstić information content (AvgIpc) is 3.05. The van der Waals surface area contributed by atoms with Crippen molar-refractivity contribution in [2.75, 3.05) is 6.54 Å². The molecule has 0 bridgehead atoms. The van der Waals surface area contributed by atoms with Crippen molar-refractivity contribution in [2.24, 2.45) is 17.8 Å². The minimum Gasteiger partial charge on any atom is -0.313 e. The van der Waals surface area contributed by atoms with Crippen molar-refractivity contribution in [3.05, 3.63) is 35.1 Å². The van der Waals surface area contributed by atoms with Crippen LogP contribution < -0.4 is 5.32 Å². The number of hydrogen-bond acceptors (Lipinski definition) is 2. The summed E-state index contributed by atoms with van der Waals surface area (Å²) in [6.45, 7) is 1.04. The number of nitrogens with one attached hydrogen (secondary N) is 1. The highest BCUT2D eigenvalue weighted by Gasteiger charge is 2.47. The molecule has 1 N–H and O–H groups in total. The molecule has 4 unspecified atom stereocenters. The van der Waals surface area contributed by atoms with E-state index in [2.05, 4.69) is 5.32 Å². The summed E-state index contributed by atoms with van der Waals surface area (Å²) >= 11 is 0. The fraction of sp³-hybridized carbons (Fsp3) is 0.562. The Morgan fingerprint density at radius 3 is 3.00 bits per heavy atom. The summed E-state index contributed by atoms with van der Waals surface area (Å²) in [4.78, 5) is 12.5. The molecule has 0 radical (unpaired) electrons. The summed E-state index contributed by atoms with van der Waals surface area (Å²) in [6, 6.07) is 5.16. The van der Waals surface area contributed by atoms with Gasteiger partial charge in [-0.05, 0) is 49.3 Å². The van der Waals surface area contributed by atoms with Gasteiger partial charge in [0.25, 0.3) is 0 Å². The van der Waals surface area contributed by atoms with Gasteiger partial charge < -0.3 is 5.32 Å². The first kappa shape index (κ1) is 11.6. The van der Waals surface area contributed by atoms with Gasteiger partial charge >= 0.3 is 0 Å². The van der Waals surface area contributed by atoms with Gasteiger partial charge in [0.1, 0.15) is 5.82 Å². The van der Waals surface area contributed by atoms with Crippen molar-refractivity contribution < 1.29 is 9.18 Å². The number of benzene rings is 1. The number of rotatable bonds is 1. The molecule has 3 heteroatoms. The molecular formula is C16H18FNO. The zero-order valence-electron chi connectivity index (χ0n) is 10.9. The summed E-state index contributed by atoms with van der Waals surface area (Å²) in [6.07, 6.45) is 4.39. The first-order chi connectivity index (χ1) is 9.25. The molecule has 3 aliphatic rings. The van der Waals surface area contributed by atoms with Crippen LogP contribution in [0.15, 0.2) is 18.2 Å². The Labute approximate surface area is 112 Å². The minimum atomic E-state index is -0.214. The number of ketones is 1. The maximum atomic E-state index is 13.8. The number of halogens is 1. The topological polar surface area (TPSA) is 29.1 Å². The van der Waals surface area contributed by atoms with E-state index in [0.717, 1.165) is 12.5 Å². The number of fused-ring (bicyclic) bond motifs is 2. The van der Waals surface area contributed by atoms with Crippen LogP contribution in [0.25, 0.3) is 0 Å². The van der Waals surface area contributed by atoms with Gasteiger partial charge in [0, 0.05) is 17.5 Å². The zero-order valence-corrected chi connectivity index (χ0v) is 10.9. The van der Waals surface area contributed by atoms with Crippen molar-refractivity contribution in [1.82, 2.24) is 5.32 Å². The number of hydrogen-bond donors (Lipinski definition) is 1. The van der Waals surface area contributed by atoms with Crippen LogP contribution in [0, 0.1) is 23.6 Å². The van der Waals surface area contributed by atoms with Gasteiger partial charge in [0.2, 0.25) is 0 Å². The fourth-order valence-electron chi connectivity index (χ4n) is 4.47. The molecule has 2 nitrogen and oxygen atoms in total. The van der Waals surface area contributed by atoms with Gasteiger partial charge in [-0.3, -0.25) is 4.79 Å². The third kappa shape index (κ3) is 1.61. The first-order valence-electron chi connectivity index (χ1n) is 7.30. The van der Waals surface area contributed by atoms with E-state index < -0.39 is 0 Å². The van der Waals surface area contributed by atoms with E-state index in [4.69, 9.17) is 0 Å². The largest absolute Gasteiger partial charge is 0.313 e. The van der Waals surface area contributed by atoms with Crippen molar-refractivity contribution in [3.63, 3.8) is 0 Å². The molecule has 19 heavy (non-hydrogen) atoms. The van der Waals surface area contributed by atoms with Crippen LogP contribution in [0.5, 0.6) is 0 Å². The highest BCUT2D eigenvalue weighted by molar-refractivity contribution is 6.02. The van der Waals surface area contributed by atoms with Crippen molar-refractivity contribution in [1.29, 1.82) is 0 Å². The van der Waals surface area contributed by atoms with Gasteiger partial charge in [-0.1, -0.05) is 18.6 Å². The Kier molecular flexibility index (Phi) is 2.52. The third-order valence-corrected chi connectivity index (χ3v) is 5.37. The SMILES string of the molecule is O=C1c2cccc(F)c2CC1C1NCC2CCCC21. The first-order valence-corrected chi connectivity index (χ1v) is 7.30. The summed E-state index contributed by atoms with van der Waals surface area (Å²) in [5.74, 6) is 1.27. The Morgan fingerprint density at radius 1 is 1.26 bits per heavy atom. The Morgan fingerprint density at radius 2 is 2.16 bits per heavy atom. The second-order valence-corrected chi connectivity index (χ2v) is 6.23. The van der Waals surface area contributed by atoms with E-state index in [1.807, 2.05) is 0 Å². The number of carbonyl (C=O) groups is 1. The Hall–Kier alpha value is -1.22. The van der Waals surface area contributed by atoms with Crippen LogP contribution in [-0.4, -0.2) is 18.4 Å². The number of Topliss-reactive ketones (excluding diaryl/α,β-unsaturated/α-hetero) is 1. The predicted octanol–water partition coefficient (Wildman–Crippen LogP) is 2.57. The standard InChI is InChI=1S/C16H18FNO/c17-14-6-2-5-11-12(14)7-13(16(11)19)15-10-4-1-3-9(10)8-18-15/h2,5-6,9-10,13,15,18H,1,3-4,7-8H2. The fourth-order valence-corrected chi connectivity index (χ4v) is 4.47. The normalized spacial score (nSPS) is 36.6. The highest BCUT2D eigenvalue weighted by atomic mass is 19.1. The molecule has 0 spiro atoms. The monoisotopic (exact) mass is 259 g/mol. The van der Waals surface area contributed by atoms with E-state index in [1.54, 1.807) is 12.1 Å². The smallest absolute Gasteiger partial charge is 0.168 e. The highest BCUT2D eigenvalue weighted by Crippen LogP contribution is 2.43. The van der Waals surface area contributed by atoms with Crippen molar-refractivity contribution in [3.8, 4) is 0 Å². The van der Waals surface area contributed by atoms with Crippen molar-refractivity contribution in [2.45, 2.75) is 31.7 Å². The van der Waals surface area contributed by atoms with E-state index in [0.29, 0.717) is 23.5 Å². The lowest BCUT2D eigenvalue weighted by molar-refractivity contribution is 0.0897. The molecule has 0 aromatic heterocycles. The minimum absolute atomic E-state index is 0.0417. The van der Waals surface area contributed by atoms with Crippen LogP contribution in [-0.2, 0) is 6.42 Å². The molecule has 1 saturated heterocycles. The lowest BCUT2D eigenvalue weighted by Crippen LogP contribution is -2.38. The van der Waals surface area contributed by atoms with Gasteiger partial charge in [0.05, 0.1) is 0 Å². The van der Waals surface area contributed by atoms with Gasteiger partial charge in [-0.25, -0.2) is 4.39 Å². The van der Waals surface area contributed by atoms with E-state index >= 15 is 0 Å². The molecule has 4 atom stereocenters. The van der Waals surface area contributed by atoms with Crippen LogP contribution >= 0.6 is 0 Å². The van der Waals surface area contributed by atoms with Crippen LogP contribution in [0.4, 0.5) is 4.39 Å². The summed E-state index contributed by atoms with van der Waals surface area (Å²) in [7, 11) is 0. The van der Waals surface area contributed by atoms with Crippen LogP contribution in [0.3, 0.4) is 0 Å². The Bertz CT molecular complexity index is 542. The molecule has 1 saturated carbocycles. The van der Waals surface area contributed by atoms with Crippen LogP contribution in [0.1, 0.15) is 35.2 Å². The molecule has 2 aliphatic carbocycles. The van der Waals surface area contributed by atoms with Crippen molar-refractivity contribution >= 4 is 5.78 Å². The van der Waals surface area contributed by atoms with Gasteiger partial charge in [0.15, 0.2) is 5.78 Å². The van der Waals surface area contributed by atoms with Crippen LogP contribution in [0.2, 0.25) is 0 Å². The maximum Gasteiger partial charge on any atom is 0.168 e. The van der Waals surface area contributed by atoms with E-state index in [1.165, 1.54) is 25.3 Å². The summed E-state index contributed by atoms with van der Waals surface area (Å²) in [5, 5.41) is 3.54. The Balaban J connectivity index is 1.65. The second-order valence-electron chi connectivity index (χ2n) is 6.23. The third-order valence-electron chi connectivity index (χ3n) is 5.37. The second kappa shape index (κ2) is 4.14. The lowest BCUT2D eigenvalue weighted by Gasteiger charge is -2.23. The van der Waals surface area contributed by atoms with E-state index in [-0.39, 0.29) is 23.6 Å².